The summed E-state index contributed by atoms with van der Waals surface area (Å²) in [5, 5.41) is 11.3. The minimum absolute atomic E-state index is 0.0518. The molecule has 1 aliphatic heterocycles. The number of nitrogens with zero attached hydrogens (tertiary/aromatic N) is 4. The van der Waals surface area contributed by atoms with Gasteiger partial charge in [0.05, 0.1) is 0 Å². The van der Waals surface area contributed by atoms with Gasteiger partial charge in [-0.05, 0) is 76.2 Å². The maximum atomic E-state index is 4.62. The Morgan fingerprint density at radius 2 is 2.10 bits per heavy atom. The topological polar surface area (TPSA) is 41.9 Å². The normalized spacial score (nSPS) is 21.1. The summed E-state index contributed by atoms with van der Waals surface area (Å²) in [6.45, 7) is 13.1. The highest BCUT2D eigenvalue weighted by molar-refractivity contribution is 8.02. The van der Waals surface area contributed by atoms with E-state index >= 15 is 0 Å². The van der Waals surface area contributed by atoms with Gasteiger partial charge in [-0.25, -0.2) is 0 Å². The lowest BCUT2D eigenvalue weighted by atomic mass is 9.82. The first-order valence-corrected chi connectivity index (χ1v) is 12.6. The lowest BCUT2D eigenvalue weighted by Gasteiger charge is -2.37. The van der Waals surface area contributed by atoms with Crippen molar-refractivity contribution in [2.75, 3.05) is 19.3 Å². The first kappa shape index (κ1) is 22.4. The highest BCUT2D eigenvalue weighted by atomic mass is 32.2. The summed E-state index contributed by atoms with van der Waals surface area (Å²) in [6.07, 6.45) is 11.1. The molecule has 3 heterocycles. The third-order valence-electron chi connectivity index (χ3n) is 6.29. The van der Waals surface area contributed by atoms with Crippen molar-refractivity contribution in [1.82, 2.24) is 20.1 Å². The number of hydrogen-bond acceptors (Lipinski definition) is 6. The van der Waals surface area contributed by atoms with Gasteiger partial charge in [0, 0.05) is 35.9 Å². The molecule has 4 nitrogen and oxygen atoms in total. The molecule has 1 fully saturated rings. The summed E-state index contributed by atoms with van der Waals surface area (Å²) >= 11 is 3.67. The smallest absolute Gasteiger partial charge is 0.124 e. The fourth-order valence-corrected chi connectivity index (χ4v) is 5.80. The molecule has 29 heavy (non-hydrogen) atoms. The number of rotatable bonds is 8. The monoisotopic (exact) mass is 430 g/mol. The third-order valence-corrected chi connectivity index (χ3v) is 8.27. The fraction of sp³-hybridized carbons (Fsp3) is 0.609. The average molecular weight is 431 g/mol. The minimum atomic E-state index is -0.0518. The van der Waals surface area contributed by atoms with Crippen LogP contribution in [0.3, 0.4) is 0 Å². The van der Waals surface area contributed by atoms with Gasteiger partial charge in [0.15, 0.2) is 0 Å². The summed E-state index contributed by atoms with van der Waals surface area (Å²) in [7, 11) is 0. The van der Waals surface area contributed by atoms with E-state index in [0.717, 1.165) is 49.5 Å². The number of likely N-dealkylation sites (tertiary alicyclic amines) is 1. The predicted octanol–water partition coefficient (Wildman–Crippen LogP) is 5.87. The quantitative estimate of drug-likeness (QED) is 0.524. The van der Waals surface area contributed by atoms with Crippen molar-refractivity contribution in [3.8, 4) is 0 Å². The second kappa shape index (κ2) is 9.27. The van der Waals surface area contributed by atoms with E-state index in [0.29, 0.717) is 0 Å². The van der Waals surface area contributed by atoms with Crippen molar-refractivity contribution < 1.29 is 0 Å². The number of allylic oxidation sites excluding steroid dienone is 2. The van der Waals surface area contributed by atoms with Crippen LogP contribution in [0.25, 0.3) is 0 Å². The molecule has 0 spiro atoms. The molecule has 3 rings (SSSR count). The molecule has 0 saturated carbocycles. The zero-order valence-corrected chi connectivity index (χ0v) is 20.3. The van der Waals surface area contributed by atoms with Crippen molar-refractivity contribution in [3.05, 3.63) is 50.6 Å². The summed E-state index contributed by atoms with van der Waals surface area (Å²) in [4.78, 5) is 8.67. The second-order valence-electron chi connectivity index (χ2n) is 8.61. The Kier molecular flexibility index (Phi) is 7.18. The lowest BCUT2D eigenvalue weighted by molar-refractivity contribution is 0.142. The number of thioether (sulfide) groups is 1. The highest BCUT2D eigenvalue weighted by Gasteiger charge is 2.46. The van der Waals surface area contributed by atoms with Crippen LogP contribution in [0.1, 0.15) is 67.7 Å². The van der Waals surface area contributed by atoms with Gasteiger partial charge in [0.25, 0.3) is 0 Å². The minimum Gasteiger partial charge on any atom is -0.293 e. The Labute approximate surface area is 184 Å². The highest BCUT2D eigenvalue weighted by Crippen LogP contribution is 2.45. The molecule has 1 unspecified atom stereocenters. The van der Waals surface area contributed by atoms with Gasteiger partial charge < -0.3 is 0 Å². The van der Waals surface area contributed by atoms with Crippen molar-refractivity contribution in [3.63, 3.8) is 0 Å². The van der Waals surface area contributed by atoms with E-state index in [9.17, 15) is 0 Å². The van der Waals surface area contributed by atoms with Gasteiger partial charge in [-0.1, -0.05) is 19.1 Å². The van der Waals surface area contributed by atoms with Gasteiger partial charge in [-0.15, -0.1) is 33.3 Å². The largest absolute Gasteiger partial charge is 0.293 e. The van der Waals surface area contributed by atoms with Crippen LogP contribution in [0.2, 0.25) is 0 Å². The maximum Gasteiger partial charge on any atom is 0.124 e. The standard InChI is InChI=1S/C23H34N4S2/c1-7-8-20(28-6)11-12-23(21-26-25-18(3)29-21)13-14-27(16-23)22(4,5)19-10-9-17(2)24-15-19/h8-10,15H,7,11-14,16H2,1-6H3/b20-8-. The molecule has 0 bridgehead atoms. The van der Waals surface area contributed by atoms with E-state index < -0.39 is 0 Å². The van der Waals surface area contributed by atoms with Crippen LogP contribution in [0.4, 0.5) is 0 Å². The van der Waals surface area contributed by atoms with E-state index in [2.05, 4.69) is 72.2 Å². The van der Waals surface area contributed by atoms with Gasteiger partial charge in [-0.3, -0.25) is 9.88 Å². The van der Waals surface area contributed by atoms with E-state index in [1.165, 1.54) is 15.5 Å². The fourth-order valence-electron chi connectivity index (χ4n) is 4.24. The van der Waals surface area contributed by atoms with Gasteiger partial charge in [-0.2, -0.15) is 0 Å². The van der Waals surface area contributed by atoms with Crippen molar-refractivity contribution in [2.24, 2.45) is 0 Å². The summed E-state index contributed by atoms with van der Waals surface area (Å²) in [5.41, 5.74) is 2.38. The Bertz CT molecular complexity index is 841. The second-order valence-corrected chi connectivity index (χ2v) is 10.7. The van der Waals surface area contributed by atoms with E-state index in [4.69, 9.17) is 0 Å². The van der Waals surface area contributed by atoms with Crippen LogP contribution in [-0.2, 0) is 11.0 Å². The first-order chi connectivity index (χ1) is 13.8. The Morgan fingerprint density at radius 3 is 2.69 bits per heavy atom. The van der Waals surface area contributed by atoms with E-state index in [1.54, 1.807) is 11.3 Å². The number of aryl methyl sites for hydroxylation is 2. The molecule has 0 radical (unpaired) electrons. The number of aromatic nitrogens is 3. The van der Waals surface area contributed by atoms with Crippen molar-refractivity contribution in [1.29, 1.82) is 0 Å². The molecule has 1 saturated heterocycles. The van der Waals surface area contributed by atoms with Crippen molar-refractivity contribution >= 4 is 23.1 Å². The summed E-state index contributed by atoms with van der Waals surface area (Å²) in [5.74, 6) is 0. The Balaban J connectivity index is 1.86. The van der Waals surface area contributed by atoms with E-state index in [-0.39, 0.29) is 11.0 Å². The molecule has 1 aliphatic rings. The Morgan fingerprint density at radius 1 is 1.31 bits per heavy atom. The molecule has 6 heteroatoms. The SMILES string of the molecule is CC/C=C(/CCC1(c2nnc(C)s2)CCN(C(C)(C)c2ccc(C)nc2)C1)SC. The molecule has 2 aromatic heterocycles. The molecule has 0 aromatic carbocycles. The van der Waals surface area contributed by atoms with Crippen LogP contribution in [0.5, 0.6) is 0 Å². The van der Waals surface area contributed by atoms with Gasteiger partial charge >= 0.3 is 0 Å². The number of pyridine rings is 1. The maximum absolute atomic E-state index is 4.62. The third kappa shape index (κ3) is 4.92. The van der Waals surface area contributed by atoms with Crippen LogP contribution in [0.15, 0.2) is 29.3 Å². The average Bonchev–Trinajstić information content (AvgIpc) is 3.33. The van der Waals surface area contributed by atoms with Crippen LogP contribution in [-0.4, -0.2) is 39.4 Å². The van der Waals surface area contributed by atoms with Crippen LogP contribution in [0, 0.1) is 13.8 Å². The first-order valence-electron chi connectivity index (χ1n) is 10.5. The number of hydrogen-bond donors (Lipinski definition) is 0. The molecule has 0 amide bonds. The van der Waals surface area contributed by atoms with Gasteiger partial charge in [0.2, 0.25) is 0 Å². The zero-order valence-electron chi connectivity index (χ0n) is 18.7. The molecule has 0 N–H and O–H groups in total. The molecule has 1 atom stereocenters. The summed E-state index contributed by atoms with van der Waals surface area (Å²) in [6, 6.07) is 4.35. The summed E-state index contributed by atoms with van der Waals surface area (Å²) < 4.78 is 0. The molecular formula is C23H34N4S2. The van der Waals surface area contributed by atoms with Crippen LogP contribution >= 0.6 is 23.1 Å². The lowest BCUT2D eigenvalue weighted by Crippen LogP contribution is -2.42. The van der Waals surface area contributed by atoms with Crippen molar-refractivity contribution in [2.45, 2.75) is 71.3 Å². The Hall–Kier alpha value is -1.24. The van der Waals surface area contributed by atoms with E-state index in [1.807, 2.05) is 24.9 Å². The zero-order chi connectivity index (χ0) is 21.1. The predicted molar refractivity (Wildman–Crippen MR) is 126 cm³/mol. The molecular weight excluding hydrogens is 396 g/mol. The molecule has 0 aliphatic carbocycles. The molecule has 2 aromatic rings. The van der Waals surface area contributed by atoms with Gasteiger partial charge in [0.1, 0.15) is 10.0 Å². The van der Waals surface area contributed by atoms with Crippen LogP contribution < -0.4 is 0 Å². The molecule has 158 valence electrons.